The Bertz CT molecular complexity index is 582. The Morgan fingerprint density at radius 2 is 2.06 bits per heavy atom. The van der Waals surface area contributed by atoms with E-state index >= 15 is 0 Å². The number of pyridine rings is 1. The Labute approximate surface area is 96.9 Å². The third-order valence-electron chi connectivity index (χ3n) is 2.48. The van der Waals surface area contributed by atoms with Crippen molar-refractivity contribution in [3.63, 3.8) is 0 Å². The number of benzene rings is 1. The van der Waals surface area contributed by atoms with Gasteiger partial charge in [-0.2, -0.15) is 0 Å². The molecular formula is C13H9F2NO. The molecule has 0 saturated heterocycles. The van der Waals surface area contributed by atoms with E-state index in [1.165, 1.54) is 12.1 Å². The number of halogens is 2. The number of nitrogens with zero attached hydrogens (tertiary/aromatic N) is 1. The van der Waals surface area contributed by atoms with Gasteiger partial charge in [-0.05, 0) is 24.6 Å². The summed E-state index contributed by atoms with van der Waals surface area (Å²) in [5.41, 5.74) is 0.847. The van der Waals surface area contributed by atoms with Gasteiger partial charge < -0.3 is 0 Å². The fourth-order valence-electron chi connectivity index (χ4n) is 1.54. The number of carbonyl (C=O) groups is 1. The van der Waals surface area contributed by atoms with Crippen LogP contribution in [0.3, 0.4) is 0 Å². The lowest BCUT2D eigenvalue weighted by molar-refractivity contribution is 0.111. The van der Waals surface area contributed by atoms with Crippen LogP contribution in [0.1, 0.15) is 15.9 Å². The van der Waals surface area contributed by atoms with Gasteiger partial charge in [0.2, 0.25) is 0 Å². The number of aromatic nitrogens is 1. The molecule has 0 saturated carbocycles. The fourth-order valence-corrected chi connectivity index (χ4v) is 1.54. The molecule has 2 rings (SSSR count). The first kappa shape index (κ1) is 11.4. The van der Waals surface area contributed by atoms with Crippen molar-refractivity contribution in [2.45, 2.75) is 6.92 Å². The maximum atomic E-state index is 13.8. The first-order chi connectivity index (χ1) is 8.13. The highest BCUT2D eigenvalue weighted by Crippen LogP contribution is 2.23. The van der Waals surface area contributed by atoms with Crippen molar-refractivity contribution in [3.05, 3.63) is 53.2 Å². The molecule has 0 atom stereocenters. The Hall–Kier alpha value is -2.10. The number of aldehydes is 1. The quantitative estimate of drug-likeness (QED) is 0.746. The van der Waals surface area contributed by atoms with Crippen LogP contribution in [0.2, 0.25) is 0 Å². The number of hydrogen-bond donors (Lipinski definition) is 0. The predicted octanol–water partition coefficient (Wildman–Crippen LogP) is 3.15. The zero-order valence-corrected chi connectivity index (χ0v) is 9.08. The number of rotatable bonds is 2. The first-order valence-corrected chi connectivity index (χ1v) is 4.99. The molecule has 86 valence electrons. The summed E-state index contributed by atoms with van der Waals surface area (Å²) >= 11 is 0. The van der Waals surface area contributed by atoms with E-state index in [9.17, 15) is 13.6 Å². The highest BCUT2D eigenvalue weighted by atomic mass is 19.1. The topological polar surface area (TPSA) is 30.0 Å². The van der Waals surface area contributed by atoms with E-state index in [1.54, 1.807) is 19.1 Å². The van der Waals surface area contributed by atoms with Crippen molar-refractivity contribution in [2.75, 3.05) is 0 Å². The number of hydrogen-bond acceptors (Lipinski definition) is 2. The largest absolute Gasteiger partial charge is 0.298 e. The molecule has 0 unspecified atom stereocenters. The van der Waals surface area contributed by atoms with Crippen molar-refractivity contribution in [1.29, 1.82) is 0 Å². The van der Waals surface area contributed by atoms with Crippen molar-refractivity contribution in [3.8, 4) is 11.3 Å². The molecule has 2 nitrogen and oxygen atoms in total. The van der Waals surface area contributed by atoms with Crippen LogP contribution in [0.15, 0.2) is 30.5 Å². The van der Waals surface area contributed by atoms with E-state index in [0.29, 0.717) is 11.8 Å². The zero-order chi connectivity index (χ0) is 12.4. The lowest BCUT2D eigenvalue weighted by atomic mass is 10.1. The van der Waals surface area contributed by atoms with Gasteiger partial charge in [-0.3, -0.25) is 9.78 Å². The van der Waals surface area contributed by atoms with Crippen molar-refractivity contribution in [1.82, 2.24) is 4.98 Å². The molecule has 0 aliphatic heterocycles. The molecule has 0 spiro atoms. The highest BCUT2D eigenvalue weighted by molar-refractivity contribution is 5.78. The Kier molecular flexibility index (Phi) is 2.95. The van der Waals surface area contributed by atoms with Gasteiger partial charge in [0, 0.05) is 5.56 Å². The Balaban J connectivity index is 2.61. The van der Waals surface area contributed by atoms with Gasteiger partial charge in [0.15, 0.2) is 12.1 Å². The third-order valence-corrected chi connectivity index (χ3v) is 2.48. The van der Waals surface area contributed by atoms with E-state index in [-0.39, 0.29) is 16.8 Å². The fraction of sp³-hybridized carbons (Fsp3) is 0.0769. The normalized spacial score (nSPS) is 10.3. The van der Waals surface area contributed by atoms with Gasteiger partial charge in [0.25, 0.3) is 0 Å². The maximum absolute atomic E-state index is 13.8. The molecule has 1 heterocycles. The van der Waals surface area contributed by atoms with Crippen molar-refractivity contribution in [2.24, 2.45) is 0 Å². The Morgan fingerprint density at radius 3 is 2.76 bits per heavy atom. The summed E-state index contributed by atoms with van der Waals surface area (Å²) in [5.74, 6) is -1.12. The van der Waals surface area contributed by atoms with E-state index in [1.807, 2.05) is 0 Å². The third kappa shape index (κ3) is 2.06. The molecule has 4 heteroatoms. The molecule has 2 aromatic rings. The predicted molar refractivity (Wildman–Crippen MR) is 59.7 cm³/mol. The van der Waals surface area contributed by atoms with E-state index in [0.717, 1.165) is 6.20 Å². The number of aryl methyl sites for hydroxylation is 1. The van der Waals surface area contributed by atoms with Gasteiger partial charge >= 0.3 is 0 Å². The van der Waals surface area contributed by atoms with Crippen LogP contribution in [0, 0.1) is 18.6 Å². The summed E-state index contributed by atoms with van der Waals surface area (Å²) in [6.07, 6.45) is 1.30. The van der Waals surface area contributed by atoms with Gasteiger partial charge in [0.1, 0.15) is 5.82 Å². The van der Waals surface area contributed by atoms with E-state index in [2.05, 4.69) is 4.98 Å². The average molecular weight is 233 g/mol. The molecule has 17 heavy (non-hydrogen) atoms. The Morgan fingerprint density at radius 1 is 1.29 bits per heavy atom. The smallest absolute Gasteiger partial charge is 0.153 e. The molecule has 0 radical (unpaired) electrons. The second-order valence-electron chi connectivity index (χ2n) is 3.65. The van der Waals surface area contributed by atoms with Crippen LogP contribution in [-0.2, 0) is 0 Å². The molecule has 1 aromatic carbocycles. The van der Waals surface area contributed by atoms with Crippen LogP contribution in [-0.4, -0.2) is 11.3 Å². The highest BCUT2D eigenvalue weighted by Gasteiger charge is 2.11. The maximum Gasteiger partial charge on any atom is 0.153 e. The molecule has 0 fully saturated rings. The van der Waals surface area contributed by atoms with Crippen LogP contribution in [0.4, 0.5) is 8.78 Å². The van der Waals surface area contributed by atoms with Gasteiger partial charge in [-0.15, -0.1) is 0 Å². The minimum absolute atomic E-state index is 0.129. The van der Waals surface area contributed by atoms with Crippen LogP contribution in [0.5, 0.6) is 0 Å². The zero-order valence-electron chi connectivity index (χ0n) is 9.08. The summed E-state index contributed by atoms with van der Waals surface area (Å²) in [6, 6.07) is 6.08. The van der Waals surface area contributed by atoms with Crippen LogP contribution < -0.4 is 0 Å². The van der Waals surface area contributed by atoms with E-state index in [4.69, 9.17) is 0 Å². The molecule has 0 bridgehead atoms. The lowest BCUT2D eigenvalue weighted by Gasteiger charge is -2.05. The van der Waals surface area contributed by atoms with Crippen LogP contribution in [0.25, 0.3) is 11.3 Å². The first-order valence-electron chi connectivity index (χ1n) is 4.99. The molecule has 0 amide bonds. The summed E-state index contributed by atoms with van der Waals surface area (Å²) in [7, 11) is 0. The summed E-state index contributed by atoms with van der Waals surface area (Å²) in [4.78, 5) is 14.4. The standard InChI is InChI=1S/C13H9F2NO/c1-8-3-2-4-10(13(8)15)12-5-9(7-17)11(14)6-16-12/h2-7H,1H3. The summed E-state index contributed by atoms with van der Waals surface area (Å²) in [5, 5.41) is 0. The SMILES string of the molecule is Cc1cccc(-c2cc(C=O)c(F)cn2)c1F. The number of carbonyl (C=O) groups excluding carboxylic acids is 1. The van der Waals surface area contributed by atoms with Gasteiger partial charge in [-0.1, -0.05) is 12.1 Å². The van der Waals surface area contributed by atoms with Crippen LogP contribution >= 0.6 is 0 Å². The summed E-state index contributed by atoms with van der Waals surface area (Å²) < 4.78 is 26.9. The minimum atomic E-state index is -0.711. The van der Waals surface area contributed by atoms with Crippen molar-refractivity contribution < 1.29 is 13.6 Å². The summed E-state index contributed by atoms with van der Waals surface area (Å²) in [6.45, 7) is 1.63. The van der Waals surface area contributed by atoms with Gasteiger partial charge in [-0.25, -0.2) is 8.78 Å². The van der Waals surface area contributed by atoms with Gasteiger partial charge in [0.05, 0.1) is 17.5 Å². The molecule has 0 N–H and O–H groups in total. The monoisotopic (exact) mass is 233 g/mol. The van der Waals surface area contributed by atoms with Crippen molar-refractivity contribution >= 4 is 6.29 Å². The molecular weight excluding hydrogens is 224 g/mol. The lowest BCUT2D eigenvalue weighted by Crippen LogP contribution is -1.95. The molecule has 1 aromatic heterocycles. The molecule has 0 aliphatic carbocycles. The molecule has 0 aliphatic rings. The second kappa shape index (κ2) is 4.41. The average Bonchev–Trinajstić information content (AvgIpc) is 2.34. The van der Waals surface area contributed by atoms with E-state index < -0.39 is 11.6 Å². The minimum Gasteiger partial charge on any atom is -0.298 e. The second-order valence-corrected chi connectivity index (χ2v) is 3.65.